The number of hydrogen-bond acceptors (Lipinski definition) is 10. The molecule has 3 saturated heterocycles. The number of hydrogen-bond donors (Lipinski definition) is 2. The minimum atomic E-state index is -0.747. The van der Waals surface area contributed by atoms with Gasteiger partial charge in [0.15, 0.2) is 5.82 Å². The molecule has 3 N–H and O–H groups in total. The van der Waals surface area contributed by atoms with Crippen molar-refractivity contribution in [1.29, 1.82) is 5.26 Å². The zero-order valence-corrected chi connectivity index (χ0v) is 25.1. The molecule has 3 aliphatic heterocycles. The number of piperazine rings is 1. The van der Waals surface area contributed by atoms with Gasteiger partial charge in [0.25, 0.3) is 0 Å². The highest BCUT2D eigenvalue weighted by atomic mass is 32.1. The van der Waals surface area contributed by atoms with Crippen LogP contribution >= 0.6 is 11.3 Å². The Hall–Kier alpha value is -3.99. The van der Waals surface area contributed by atoms with E-state index in [1.54, 1.807) is 0 Å². The van der Waals surface area contributed by atoms with Crippen molar-refractivity contribution in [3.63, 3.8) is 0 Å². The molecule has 0 aliphatic carbocycles. The Morgan fingerprint density at radius 3 is 2.75 bits per heavy atom. The molecule has 3 aromatic heterocycles. The third kappa shape index (κ3) is 4.72. The second-order valence-corrected chi connectivity index (χ2v) is 13.3. The zero-order valence-electron chi connectivity index (χ0n) is 24.3. The average Bonchev–Trinajstić information content (AvgIpc) is 3.54. The van der Waals surface area contributed by atoms with Crippen LogP contribution in [0.4, 0.5) is 24.0 Å². The molecule has 0 saturated carbocycles. The van der Waals surface area contributed by atoms with Crippen LogP contribution in [0, 0.1) is 28.4 Å². The highest BCUT2D eigenvalue weighted by Crippen LogP contribution is 2.43. The Balaban J connectivity index is 1.36. The molecule has 7 rings (SSSR count). The summed E-state index contributed by atoms with van der Waals surface area (Å²) in [4.78, 5) is 18.0. The van der Waals surface area contributed by atoms with Crippen LogP contribution in [0.15, 0.2) is 30.2 Å². The monoisotopic (exact) mass is 620 g/mol. The van der Waals surface area contributed by atoms with Crippen molar-refractivity contribution in [2.75, 3.05) is 50.5 Å². The summed E-state index contributed by atoms with van der Waals surface area (Å²) < 4.78 is 51.6. The zero-order chi connectivity index (χ0) is 30.7. The van der Waals surface area contributed by atoms with E-state index >= 15 is 4.39 Å². The van der Waals surface area contributed by atoms with E-state index in [4.69, 9.17) is 15.5 Å². The van der Waals surface area contributed by atoms with Gasteiger partial charge in [0.2, 0.25) is 0 Å². The lowest BCUT2D eigenvalue weighted by Gasteiger charge is -2.40. The van der Waals surface area contributed by atoms with Crippen LogP contribution in [0.5, 0.6) is 6.01 Å². The van der Waals surface area contributed by atoms with E-state index in [1.165, 1.54) is 18.3 Å². The molecule has 3 aliphatic rings. The SMILES string of the molecule is CN1CC/C(=C\F)[C@](C)(COc2nc(N3C[C@H]4CC[C@@H](C3)N4)c3cnc(-c4ccc(F)c5sc(N)c(C#N)c45)c(F)c3n2)C1. The summed E-state index contributed by atoms with van der Waals surface area (Å²) in [5, 5.41) is 14.1. The Bertz CT molecular complexity index is 1860. The predicted molar refractivity (Wildman–Crippen MR) is 164 cm³/mol. The van der Waals surface area contributed by atoms with Crippen molar-refractivity contribution in [3.05, 3.63) is 47.4 Å². The van der Waals surface area contributed by atoms with E-state index in [0.29, 0.717) is 49.2 Å². The van der Waals surface area contributed by atoms with Crippen LogP contribution < -0.4 is 20.7 Å². The number of anilines is 2. The molecule has 0 radical (unpaired) electrons. The number of nitrogens with two attached hydrogens (primary N) is 1. The lowest BCUT2D eigenvalue weighted by atomic mass is 9.78. The molecular formula is C31H31F3N8OS. The van der Waals surface area contributed by atoms with Crippen molar-refractivity contribution in [3.8, 4) is 23.3 Å². The van der Waals surface area contributed by atoms with Crippen molar-refractivity contribution in [2.45, 2.75) is 38.3 Å². The number of piperidine rings is 1. The number of nitrogens with one attached hydrogen (secondary N) is 1. The van der Waals surface area contributed by atoms with Gasteiger partial charge in [-0.25, -0.2) is 13.2 Å². The molecule has 3 atom stereocenters. The maximum Gasteiger partial charge on any atom is 0.319 e. The fraction of sp³-hybridized carbons (Fsp3) is 0.419. The Morgan fingerprint density at radius 2 is 2.02 bits per heavy atom. The summed E-state index contributed by atoms with van der Waals surface area (Å²) in [5.74, 6) is -0.792. The molecule has 44 heavy (non-hydrogen) atoms. The Labute approximate surface area is 256 Å². The summed E-state index contributed by atoms with van der Waals surface area (Å²) in [6, 6.07) is 5.20. The van der Waals surface area contributed by atoms with Crippen LogP contribution in [-0.2, 0) is 0 Å². The second-order valence-electron chi connectivity index (χ2n) is 12.3. The van der Waals surface area contributed by atoms with Gasteiger partial charge in [-0.05, 0) is 44.0 Å². The topological polar surface area (TPSA) is 116 Å². The first-order valence-corrected chi connectivity index (χ1v) is 15.4. The summed E-state index contributed by atoms with van der Waals surface area (Å²) in [7, 11) is 1.98. The quantitative estimate of drug-likeness (QED) is 0.312. The van der Waals surface area contributed by atoms with Crippen LogP contribution in [0.2, 0.25) is 0 Å². The standard InChI is InChI=1S/C31H31F3N8OS/c1-31(14-41(2)8-7-16(31)9-32)15-43-30-39-26-21(29(40-30)42-12-17-3-4-18(13-42)38-17)11-37-25(24(26)34)19-5-6-22(33)27-23(19)20(10-35)28(36)44-27/h5-6,9,11,17-18,38H,3-4,7-8,12-15,36H2,1-2H3/b16-9+/t17-,18+,31-/m0/s1. The molecule has 13 heteroatoms. The number of likely N-dealkylation sites (tertiary alicyclic amines) is 1. The number of benzene rings is 1. The third-order valence-corrected chi connectivity index (χ3v) is 10.2. The number of aromatic nitrogens is 3. The first-order valence-electron chi connectivity index (χ1n) is 14.6. The van der Waals surface area contributed by atoms with Gasteiger partial charge in [-0.15, -0.1) is 11.3 Å². The number of nitrogen functional groups attached to an aromatic ring is 1. The fourth-order valence-corrected chi connectivity index (χ4v) is 7.87. The third-order valence-electron chi connectivity index (χ3n) is 9.15. The van der Waals surface area contributed by atoms with E-state index < -0.39 is 17.0 Å². The lowest BCUT2D eigenvalue weighted by molar-refractivity contribution is 0.109. The summed E-state index contributed by atoms with van der Waals surface area (Å²) in [6.45, 7) is 4.73. The van der Waals surface area contributed by atoms with Crippen molar-refractivity contribution < 1.29 is 17.9 Å². The van der Waals surface area contributed by atoms with E-state index in [2.05, 4.69) is 25.1 Å². The first-order chi connectivity index (χ1) is 21.2. The number of rotatable bonds is 5. The smallest absolute Gasteiger partial charge is 0.319 e. The van der Waals surface area contributed by atoms with Crippen molar-refractivity contribution >= 4 is 43.1 Å². The molecular weight excluding hydrogens is 589 g/mol. The van der Waals surface area contributed by atoms with Gasteiger partial charge < -0.3 is 25.6 Å². The number of pyridine rings is 1. The van der Waals surface area contributed by atoms with Crippen LogP contribution in [0.3, 0.4) is 0 Å². The van der Waals surface area contributed by atoms with Crippen LogP contribution in [0.25, 0.3) is 32.2 Å². The minimum Gasteiger partial charge on any atom is -0.462 e. The van der Waals surface area contributed by atoms with Gasteiger partial charge in [-0.2, -0.15) is 15.2 Å². The van der Waals surface area contributed by atoms with E-state index in [-0.39, 0.29) is 62.1 Å². The molecule has 9 nitrogen and oxygen atoms in total. The summed E-state index contributed by atoms with van der Waals surface area (Å²) >= 11 is 0.937. The van der Waals surface area contributed by atoms with Gasteiger partial charge in [-0.3, -0.25) is 4.98 Å². The maximum absolute atomic E-state index is 16.6. The maximum atomic E-state index is 16.6. The molecule has 0 amide bonds. The Morgan fingerprint density at radius 1 is 1.25 bits per heavy atom. The van der Waals surface area contributed by atoms with Crippen LogP contribution in [-0.4, -0.2) is 71.8 Å². The first kappa shape index (κ1) is 28.8. The number of halogens is 3. The molecule has 1 aromatic carbocycles. The number of nitrogens with zero attached hydrogens (tertiary/aromatic N) is 6. The number of ether oxygens (including phenoxy) is 1. The van der Waals surface area contributed by atoms with Gasteiger partial charge in [0.1, 0.15) is 40.5 Å². The summed E-state index contributed by atoms with van der Waals surface area (Å²) in [5.41, 5.74) is 6.28. The fourth-order valence-electron chi connectivity index (χ4n) is 6.92. The lowest BCUT2D eigenvalue weighted by Crippen LogP contribution is -2.51. The number of nitriles is 1. The molecule has 2 bridgehead atoms. The average molecular weight is 621 g/mol. The normalized spacial score (nSPS) is 24.8. The molecule has 6 heterocycles. The number of fused-ring (bicyclic) bond motifs is 4. The molecule has 0 unspecified atom stereocenters. The predicted octanol–water partition coefficient (Wildman–Crippen LogP) is 5.15. The van der Waals surface area contributed by atoms with Gasteiger partial charge in [-0.1, -0.05) is 6.92 Å². The second kappa shape index (κ2) is 10.9. The van der Waals surface area contributed by atoms with Gasteiger partial charge in [0, 0.05) is 60.8 Å². The van der Waals surface area contributed by atoms with Crippen LogP contribution in [0.1, 0.15) is 31.7 Å². The van der Waals surface area contributed by atoms with E-state index in [1.807, 2.05) is 20.0 Å². The summed E-state index contributed by atoms with van der Waals surface area (Å²) in [6.07, 6.45) is 4.84. The highest BCUT2D eigenvalue weighted by molar-refractivity contribution is 7.23. The van der Waals surface area contributed by atoms with Crippen molar-refractivity contribution in [2.24, 2.45) is 5.41 Å². The molecule has 4 aromatic rings. The molecule has 0 spiro atoms. The molecule has 228 valence electrons. The van der Waals surface area contributed by atoms with Crippen molar-refractivity contribution in [1.82, 2.24) is 25.2 Å². The van der Waals surface area contributed by atoms with E-state index in [0.717, 1.165) is 30.7 Å². The van der Waals surface area contributed by atoms with E-state index in [9.17, 15) is 14.0 Å². The number of thiophene rings is 1. The minimum absolute atomic E-state index is 0.00719. The van der Waals surface area contributed by atoms with Gasteiger partial charge >= 0.3 is 6.01 Å². The highest BCUT2D eigenvalue weighted by Gasteiger charge is 2.37. The Kier molecular flexibility index (Phi) is 7.10. The van der Waals surface area contributed by atoms with Gasteiger partial charge in [0.05, 0.1) is 22.0 Å². The molecule has 3 fully saturated rings. The largest absolute Gasteiger partial charge is 0.462 e.